The van der Waals surface area contributed by atoms with E-state index in [-0.39, 0.29) is 18.6 Å². The van der Waals surface area contributed by atoms with Crippen LogP contribution in [0.15, 0.2) is 48.5 Å². The lowest BCUT2D eigenvalue weighted by Gasteiger charge is -2.30. The highest BCUT2D eigenvalue weighted by molar-refractivity contribution is 7.92. The first-order chi connectivity index (χ1) is 14.2. The number of carbonyl (C=O) groups excluding carboxylic acids is 1. The van der Waals surface area contributed by atoms with Crippen LogP contribution in [-0.4, -0.2) is 39.8 Å². The van der Waals surface area contributed by atoms with E-state index < -0.39 is 16.1 Å². The van der Waals surface area contributed by atoms with E-state index in [0.717, 1.165) is 21.9 Å². The Bertz CT molecular complexity index is 942. The minimum Gasteiger partial charge on any atom is -0.497 e. The van der Waals surface area contributed by atoms with Crippen LogP contribution < -0.4 is 19.1 Å². The Morgan fingerprint density at radius 1 is 1.10 bits per heavy atom. The highest BCUT2D eigenvalue weighted by Crippen LogP contribution is 2.26. The molecule has 0 spiro atoms. The maximum absolute atomic E-state index is 12.9. The number of hydrogen-bond donors (Lipinski definition) is 1. The molecule has 0 aromatic heterocycles. The second-order valence-electron chi connectivity index (χ2n) is 7.21. The van der Waals surface area contributed by atoms with Crippen molar-refractivity contribution < 1.29 is 22.7 Å². The molecule has 0 radical (unpaired) electrons. The van der Waals surface area contributed by atoms with E-state index in [1.165, 1.54) is 7.11 Å². The van der Waals surface area contributed by atoms with Gasteiger partial charge in [0.15, 0.2) is 0 Å². The third-order valence-corrected chi connectivity index (χ3v) is 5.58. The molecule has 164 valence electrons. The Hall–Kier alpha value is -2.74. The number of sulfonamides is 1. The maximum Gasteiger partial charge on any atom is 0.244 e. The maximum atomic E-state index is 12.9. The van der Waals surface area contributed by atoms with Crippen molar-refractivity contribution in [2.75, 3.05) is 17.7 Å². The Morgan fingerprint density at radius 2 is 1.77 bits per heavy atom. The van der Waals surface area contributed by atoms with E-state index in [1.807, 2.05) is 38.1 Å². The van der Waals surface area contributed by atoms with E-state index in [1.54, 1.807) is 31.2 Å². The minimum atomic E-state index is -3.70. The zero-order valence-corrected chi connectivity index (χ0v) is 18.9. The van der Waals surface area contributed by atoms with Crippen molar-refractivity contribution >= 4 is 21.6 Å². The zero-order valence-electron chi connectivity index (χ0n) is 18.1. The van der Waals surface area contributed by atoms with Gasteiger partial charge in [0.2, 0.25) is 15.9 Å². The molecule has 0 heterocycles. The lowest BCUT2D eigenvalue weighted by Crippen LogP contribution is -2.49. The van der Waals surface area contributed by atoms with Crippen LogP contribution in [0, 0.1) is 0 Å². The molecule has 2 rings (SSSR count). The fourth-order valence-electron chi connectivity index (χ4n) is 3.07. The molecule has 0 fully saturated rings. The molecular weight excluding hydrogens is 404 g/mol. The van der Waals surface area contributed by atoms with Crippen LogP contribution in [0.1, 0.15) is 32.8 Å². The topological polar surface area (TPSA) is 84.9 Å². The van der Waals surface area contributed by atoms with Crippen molar-refractivity contribution in [3.63, 3.8) is 0 Å². The van der Waals surface area contributed by atoms with Crippen molar-refractivity contribution in [2.24, 2.45) is 0 Å². The predicted molar refractivity (Wildman–Crippen MR) is 118 cm³/mol. The molecule has 0 bridgehead atoms. The number of carbonyl (C=O) groups is 1. The molecular formula is C22H30N2O5S. The molecule has 8 heteroatoms. The van der Waals surface area contributed by atoms with Gasteiger partial charge in [0.25, 0.3) is 0 Å². The molecule has 0 aliphatic carbocycles. The van der Waals surface area contributed by atoms with Crippen LogP contribution in [0.2, 0.25) is 0 Å². The molecule has 7 nitrogen and oxygen atoms in total. The highest BCUT2D eigenvalue weighted by atomic mass is 32.2. The molecule has 1 atom stereocenters. The number of methoxy groups -OCH3 is 1. The van der Waals surface area contributed by atoms with Gasteiger partial charge < -0.3 is 14.8 Å². The standard InChI is InChI=1S/C22H30N2O5S/c1-6-21(24(30(5,26)27)18-8-7-9-20(14-18)28-4)22(25)23-15-17-10-12-19(13-11-17)29-16(2)3/h7-14,16,21H,6,15H2,1-5H3,(H,23,25)/t21-/m0/s1. The molecule has 0 saturated heterocycles. The average Bonchev–Trinajstić information content (AvgIpc) is 2.69. The van der Waals surface area contributed by atoms with Crippen molar-refractivity contribution in [1.29, 1.82) is 0 Å². The first kappa shape index (κ1) is 23.5. The van der Waals surface area contributed by atoms with Crippen LogP contribution in [-0.2, 0) is 21.4 Å². The third kappa shape index (κ3) is 6.38. The van der Waals surface area contributed by atoms with Crippen molar-refractivity contribution in [1.82, 2.24) is 5.32 Å². The van der Waals surface area contributed by atoms with Gasteiger partial charge in [0.1, 0.15) is 17.5 Å². The molecule has 30 heavy (non-hydrogen) atoms. The summed E-state index contributed by atoms with van der Waals surface area (Å²) in [4.78, 5) is 12.9. The molecule has 1 amide bonds. The van der Waals surface area contributed by atoms with Crippen molar-refractivity contribution in [3.8, 4) is 11.5 Å². The summed E-state index contributed by atoms with van der Waals surface area (Å²) in [6.07, 6.45) is 1.49. The smallest absolute Gasteiger partial charge is 0.244 e. The van der Waals surface area contributed by atoms with Gasteiger partial charge >= 0.3 is 0 Å². The van der Waals surface area contributed by atoms with Crippen molar-refractivity contribution in [3.05, 3.63) is 54.1 Å². The summed E-state index contributed by atoms with van der Waals surface area (Å²) in [6.45, 7) is 5.97. The predicted octanol–water partition coefficient (Wildman–Crippen LogP) is 3.34. The molecule has 0 aliphatic rings. The molecule has 0 saturated carbocycles. The molecule has 0 unspecified atom stereocenters. The number of nitrogens with zero attached hydrogens (tertiary/aromatic N) is 1. The van der Waals surface area contributed by atoms with E-state index >= 15 is 0 Å². The van der Waals surface area contributed by atoms with Gasteiger partial charge in [-0.3, -0.25) is 9.10 Å². The van der Waals surface area contributed by atoms with Gasteiger partial charge in [0.05, 0.1) is 25.2 Å². The lowest BCUT2D eigenvalue weighted by atomic mass is 10.1. The van der Waals surface area contributed by atoms with Gasteiger partial charge in [-0.25, -0.2) is 8.42 Å². The number of nitrogens with one attached hydrogen (secondary N) is 1. The Balaban J connectivity index is 2.17. The summed E-state index contributed by atoms with van der Waals surface area (Å²) in [6, 6.07) is 13.2. The molecule has 0 aliphatic heterocycles. The van der Waals surface area contributed by atoms with Crippen molar-refractivity contribution in [2.45, 2.75) is 45.9 Å². The van der Waals surface area contributed by atoms with Gasteiger partial charge in [-0.1, -0.05) is 25.1 Å². The fraction of sp³-hybridized carbons (Fsp3) is 0.409. The van der Waals surface area contributed by atoms with E-state index in [2.05, 4.69) is 5.32 Å². The fourth-order valence-corrected chi connectivity index (χ4v) is 4.28. The first-order valence-electron chi connectivity index (χ1n) is 9.82. The number of rotatable bonds is 10. The number of benzene rings is 2. The Morgan fingerprint density at radius 3 is 2.30 bits per heavy atom. The normalized spacial score (nSPS) is 12.3. The Kier molecular flexibility index (Phi) is 8.11. The summed E-state index contributed by atoms with van der Waals surface area (Å²) >= 11 is 0. The number of amides is 1. The quantitative estimate of drug-likeness (QED) is 0.620. The average molecular weight is 435 g/mol. The van der Waals surface area contributed by atoms with Gasteiger partial charge in [0, 0.05) is 12.6 Å². The minimum absolute atomic E-state index is 0.0828. The van der Waals surface area contributed by atoms with E-state index in [0.29, 0.717) is 17.9 Å². The largest absolute Gasteiger partial charge is 0.497 e. The monoisotopic (exact) mass is 434 g/mol. The third-order valence-electron chi connectivity index (χ3n) is 4.40. The molecule has 2 aromatic carbocycles. The summed E-state index contributed by atoms with van der Waals surface area (Å²) in [5.41, 5.74) is 1.27. The van der Waals surface area contributed by atoms with Crippen LogP contribution in [0.25, 0.3) is 0 Å². The van der Waals surface area contributed by atoms with Gasteiger partial charge in [-0.05, 0) is 50.1 Å². The lowest BCUT2D eigenvalue weighted by molar-refractivity contribution is -0.122. The second-order valence-corrected chi connectivity index (χ2v) is 9.07. The van der Waals surface area contributed by atoms with Gasteiger partial charge in [-0.15, -0.1) is 0 Å². The van der Waals surface area contributed by atoms with E-state index in [4.69, 9.17) is 9.47 Å². The number of anilines is 1. The highest BCUT2D eigenvalue weighted by Gasteiger charge is 2.31. The van der Waals surface area contributed by atoms with Crippen LogP contribution >= 0.6 is 0 Å². The molecule has 1 N–H and O–H groups in total. The van der Waals surface area contributed by atoms with Crippen LogP contribution in [0.4, 0.5) is 5.69 Å². The number of hydrogen-bond acceptors (Lipinski definition) is 5. The summed E-state index contributed by atoms with van der Waals surface area (Å²) in [7, 11) is -2.19. The van der Waals surface area contributed by atoms with Crippen LogP contribution in [0.3, 0.4) is 0 Å². The summed E-state index contributed by atoms with van der Waals surface area (Å²) in [5, 5.41) is 2.84. The second kappa shape index (κ2) is 10.3. The molecule has 2 aromatic rings. The first-order valence-corrected chi connectivity index (χ1v) is 11.7. The Labute approximate surface area is 179 Å². The van der Waals surface area contributed by atoms with Crippen LogP contribution in [0.5, 0.6) is 11.5 Å². The SMILES string of the molecule is CC[C@@H](C(=O)NCc1ccc(OC(C)C)cc1)N(c1cccc(OC)c1)S(C)(=O)=O. The summed E-state index contributed by atoms with van der Waals surface area (Å²) < 4.78 is 37.0. The van der Waals surface area contributed by atoms with Gasteiger partial charge in [-0.2, -0.15) is 0 Å². The van der Waals surface area contributed by atoms with E-state index in [9.17, 15) is 13.2 Å². The summed E-state index contributed by atoms with van der Waals surface area (Å²) in [5.74, 6) is 0.904. The zero-order chi connectivity index (χ0) is 22.3. The number of ether oxygens (including phenoxy) is 2.